The van der Waals surface area contributed by atoms with Gasteiger partial charge in [-0.3, -0.25) is 4.79 Å². The van der Waals surface area contributed by atoms with Gasteiger partial charge in [-0.1, -0.05) is 6.07 Å². The third-order valence-corrected chi connectivity index (χ3v) is 5.46. The molecule has 0 unspecified atom stereocenters. The van der Waals surface area contributed by atoms with Crippen LogP contribution in [0.5, 0.6) is 0 Å². The minimum Gasteiger partial charge on any atom is -0.326 e. The Labute approximate surface area is 126 Å². The van der Waals surface area contributed by atoms with Crippen LogP contribution >= 0.6 is 0 Å². The first kappa shape index (κ1) is 16.8. The number of carbonyl (C=O) groups excluding carboxylic acids is 1. The molecular formula is C14H16F3NO3S. The van der Waals surface area contributed by atoms with Gasteiger partial charge in [0.25, 0.3) is 0 Å². The highest BCUT2D eigenvalue weighted by molar-refractivity contribution is 7.91. The number of aryl methyl sites for hydroxylation is 1. The second kappa shape index (κ2) is 5.91. The van der Waals surface area contributed by atoms with E-state index in [9.17, 15) is 26.4 Å². The molecule has 1 atom stereocenters. The molecule has 2 rings (SSSR count). The van der Waals surface area contributed by atoms with E-state index in [2.05, 4.69) is 5.32 Å². The average molecular weight is 335 g/mol. The van der Waals surface area contributed by atoms with Crippen molar-refractivity contribution >= 4 is 21.4 Å². The average Bonchev–Trinajstić information content (AvgIpc) is 2.69. The molecule has 1 aromatic carbocycles. The number of nitrogens with one attached hydrogen (secondary N) is 1. The molecule has 22 heavy (non-hydrogen) atoms. The van der Waals surface area contributed by atoms with Crippen LogP contribution < -0.4 is 5.32 Å². The van der Waals surface area contributed by atoms with Gasteiger partial charge < -0.3 is 5.32 Å². The van der Waals surface area contributed by atoms with Gasteiger partial charge in [0.15, 0.2) is 9.84 Å². The van der Waals surface area contributed by atoms with Crippen LogP contribution in [0.2, 0.25) is 0 Å². The Kier molecular flexibility index (Phi) is 4.51. The summed E-state index contributed by atoms with van der Waals surface area (Å²) in [7, 11) is -3.07. The lowest BCUT2D eigenvalue weighted by atomic mass is 10.0. The smallest absolute Gasteiger partial charge is 0.326 e. The highest BCUT2D eigenvalue weighted by Gasteiger charge is 2.33. The van der Waals surface area contributed by atoms with Crippen molar-refractivity contribution < 1.29 is 26.4 Å². The van der Waals surface area contributed by atoms with E-state index >= 15 is 0 Å². The molecule has 0 aromatic heterocycles. The van der Waals surface area contributed by atoms with E-state index < -0.39 is 27.5 Å². The van der Waals surface area contributed by atoms with Crippen molar-refractivity contribution in [3.63, 3.8) is 0 Å². The van der Waals surface area contributed by atoms with Crippen molar-refractivity contribution in [2.75, 3.05) is 16.8 Å². The molecule has 1 amide bonds. The molecule has 1 fully saturated rings. The van der Waals surface area contributed by atoms with Gasteiger partial charge in [-0.2, -0.15) is 13.2 Å². The molecule has 122 valence electrons. The van der Waals surface area contributed by atoms with Crippen LogP contribution in [0.1, 0.15) is 24.0 Å². The largest absolute Gasteiger partial charge is 0.416 e. The van der Waals surface area contributed by atoms with Crippen molar-refractivity contribution in [3.05, 3.63) is 29.3 Å². The standard InChI is InChI=1S/C14H16F3NO3S/c1-9-2-3-11(7-12(9)14(15,16)17)18-13(19)6-10-4-5-22(20,21)8-10/h2-3,7,10H,4-6,8H2,1H3,(H,18,19)/t10-/m0/s1. The Hall–Kier alpha value is -1.57. The quantitative estimate of drug-likeness (QED) is 0.924. The topological polar surface area (TPSA) is 63.2 Å². The van der Waals surface area contributed by atoms with Crippen molar-refractivity contribution in [2.24, 2.45) is 5.92 Å². The summed E-state index contributed by atoms with van der Waals surface area (Å²) in [6, 6.07) is 3.57. The Morgan fingerprint density at radius 2 is 2.05 bits per heavy atom. The molecule has 1 aliphatic heterocycles. The maximum Gasteiger partial charge on any atom is 0.416 e. The normalized spacial score (nSPS) is 20.8. The molecule has 1 saturated heterocycles. The highest BCUT2D eigenvalue weighted by atomic mass is 32.2. The van der Waals surface area contributed by atoms with Gasteiger partial charge in [0.2, 0.25) is 5.91 Å². The zero-order valence-corrected chi connectivity index (χ0v) is 12.7. The number of sulfone groups is 1. The molecule has 1 heterocycles. The number of carbonyl (C=O) groups is 1. The summed E-state index contributed by atoms with van der Waals surface area (Å²) in [5, 5.41) is 2.40. The van der Waals surface area contributed by atoms with Crippen molar-refractivity contribution in [2.45, 2.75) is 25.9 Å². The third-order valence-electron chi connectivity index (χ3n) is 3.63. The number of benzene rings is 1. The highest BCUT2D eigenvalue weighted by Crippen LogP contribution is 2.33. The maximum absolute atomic E-state index is 12.8. The third kappa shape index (κ3) is 4.22. The lowest BCUT2D eigenvalue weighted by molar-refractivity contribution is -0.138. The van der Waals surface area contributed by atoms with Crippen molar-refractivity contribution in [1.29, 1.82) is 0 Å². The van der Waals surface area contributed by atoms with E-state index in [0.29, 0.717) is 6.42 Å². The molecule has 0 bridgehead atoms. The second-order valence-electron chi connectivity index (χ2n) is 5.55. The minimum atomic E-state index is -4.48. The summed E-state index contributed by atoms with van der Waals surface area (Å²) in [6.07, 6.45) is -4.07. The number of alkyl halides is 3. The summed E-state index contributed by atoms with van der Waals surface area (Å²) >= 11 is 0. The van der Waals surface area contributed by atoms with Crippen LogP contribution in [-0.4, -0.2) is 25.8 Å². The molecule has 8 heteroatoms. The number of hydrogen-bond acceptors (Lipinski definition) is 3. The zero-order chi connectivity index (χ0) is 16.5. The van der Waals surface area contributed by atoms with Crippen LogP contribution in [-0.2, 0) is 20.8 Å². The molecule has 0 spiro atoms. The molecular weight excluding hydrogens is 319 g/mol. The number of rotatable bonds is 3. The molecule has 4 nitrogen and oxygen atoms in total. The SMILES string of the molecule is Cc1ccc(NC(=O)C[C@@H]2CCS(=O)(=O)C2)cc1C(F)(F)F. The fourth-order valence-corrected chi connectivity index (χ4v) is 4.37. The Morgan fingerprint density at radius 1 is 1.36 bits per heavy atom. The molecule has 1 aliphatic rings. The first-order valence-corrected chi connectivity index (χ1v) is 8.57. The van der Waals surface area contributed by atoms with Crippen molar-refractivity contribution in [3.8, 4) is 0 Å². The molecule has 0 radical (unpaired) electrons. The predicted molar refractivity (Wildman–Crippen MR) is 76.2 cm³/mol. The van der Waals surface area contributed by atoms with Gasteiger partial charge in [0.05, 0.1) is 17.1 Å². The van der Waals surface area contributed by atoms with E-state index in [-0.39, 0.29) is 35.1 Å². The van der Waals surface area contributed by atoms with Gasteiger partial charge in [0, 0.05) is 12.1 Å². The molecule has 0 aliphatic carbocycles. The lowest BCUT2D eigenvalue weighted by Gasteiger charge is -2.13. The zero-order valence-electron chi connectivity index (χ0n) is 11.9. The monoisotopic (exact) mass is 335 g/mol. The molecule has 1 N–H and O–H groups in total. The number of halogens is 3. The van der Waals surface area contributed by atoms with E-state index in [4.69, 9.17) is 0 Å². The van der Waals surface area contributed by atoms with Gasteiger partial charge in [-0.05, 0) is 37.0 Å². The Bertz CT molecular complexity index is 683. The van der Waals surface area contributed by atoms with Gasteiger partial charge in [0.1, 0.15) is 0 Å². The minimum absolute atomic E-state index is 0.00550. The summed E-state index contributed by atoms with van der Waals surface area (Å²) in [4.78, 5) is 11.8. The fourth-order valence-electron chi connectivity index (χ4n) is 2.51. The van der Waals surface area contributed by atoms with E-state index in [1.807, 2.05) is 0 Å². The van der Waals surface area contributed by atoms with E-state index in [1.54, 1.807) is 0 Å². The second-order valence-corrected chi connectivity index (χ2v) is 7.78. The van der Waals surface area contributed by atoms with Crippen molar-refractivity contribution in [1.82, 2.24) is 0 Å². The summed E-state index contributed by atoms with van der Waals surface area (Å²) in [6.45, 7) is 1.35. The fraction of sp³-hybridized carbons (Fsp3) is 0.500. The van der Waals surface area contributed by atoms with Gasteiger partial charge in [-0.25, -0.2) is 8.42 Å². The van der Waals surface area contributed by atoms with Crippen LogP contribution in [0, 0.1) is 12.8 Å². The molecule has 0 saturated carbocycles. The van der Waals surface area contributed by atoms with E-state index in [1.165, 1.54) is 19.1 Å². The Balaban J connectivity index is 2.03. The Morgan fingerprint density at radius 3 is 2.59 bits per heavy atom. The number of hydrogen-bond donors (Lipinski definition) is 1. The number of amides is 1. The summed E-state index contributed by atoms with van der Waals surface area (Å²) < 4.78 is 61.0. The van der Waals surface area contributed by atoms with Gasteiger partial charge in [-0.15, -0.1) is 0 Å². The summed E-state index contributed by atoms with van der Waals surface area (Å²) in [5.41, 5.74) is -0.662. The predicted octanol–water partition coefficient (Wildman–Crippen LogP) is 2.78. The van der Waals surface area contributed by atoms with E-state index in [0.717, 1.165) is 6.07 Å². The first-order valence-electron chi connectivity index (χ1n) is 6.75. The lowest BCUT2D eigenvalue weighted by Crippen LogP contribution is -2.18. The van der Waals surface area contributed by atoms with Crippen LogP contribution in [0.3, 0.4) is 0 Å². The number of anilines is 1. The molecule has 1 aromatic rings. The van der Waals surface area contributed by atoms with Crippen LogP contribution in [0.15, 0.2) is 18.2 Å². The van der Waals surface area contributed by atoms with Crippen LogP contribution in [0.25, 0.3) is 0 Å². The van der Waals surface area contributed by atoms with Gasteiger partial charge >= 0.3 is 6.18 Å². The first-order chi connectivity index (χ1) is 10.1. The maximum atomic E-state index is 12.8. The van der Waals surface area contributed by atoms with Crippen LogP contribution in [0.4, 0.5) is 18.9 Å². The summed E-state index contributed by atoms with van der Waals surface area (Å²) in [5.74, 6) is -0.716.